The Morgan fingerprint density at radius 2 is 1.66 bits per heavy atom. The van der Waals surface area contributed by atoms with Crippen molar-refractivity contribution in [2.45, 2.75) is 96.5 Å². The predicted octanol–water partition coefficient (Wildman–Crippen LogP) is 2.32. The summed E-state index contributed by atoms with van der Waals surface area (Å²) in [6.07, 6.45) is 0.123. The minimum absolute atomic E-state index is 0.125. The van der Waals surface area contributed by atoms with Gasteiger partial charge in [0.2, 0.25) is 12.4 Å². The third-order valence-corrected chi connectivity index (χ3v) is 6.39. The van der Waals surface area contributed by atoms with Crippen LogP contribution in [0.15, 0.2) is 6.33 Å². The molecule has 1 aromatic rings. The van der Waals surface area contributed by atoms with Crippen molar-refractivity contribution in [2.75, 3.05) is 35.4 Å². The number of nitrogens with zero attached hydrogens (tertiary/aromatic N) is 3. The standard InChI is InChI=1S/C25H37N5O8/c1-4-7-16(31)35-20-21(36-17(32)8-5-2)25(37-18(33)9-6-3)38-24(20)30-14-28-19-22(26-13-27-23(19)30)29-15-10-11-34-12-15/h13,15,20-21,24-25,28H,4-12,14H2,1-3H3,(H,26,27,29)/t15-,20-,21+,24?,25+/m1/s1. The molecule has 2 fully saturated rings. The highest BCUT2D eigenvalue weighted by Crippen LogP contribution is 2.40. The first kappa shape index (κ1) is 27.8. The van der Waals surface area contributed by atoms with E-state index in [2.05, 4.69) is 20.6 Å². The second-order valence-electron chi connectivity index (χ2n) is 9.47. The summed E-state index contributed by atoms with van der Waals surface area (Å²) in [5.41, 5.74) is 0.660. The summed E-state index contributed by atoms with van der Waals surface area (Å²) in [7, 11) is 0. The molecule has 210 valence electrons. The Morgan fingerprint density at radius 1 is 1.00 bits per heavy atom. The van der Waals surface area contributed by atoms with E-state index >= 15 is 0 Å². The number of fused-ring (bicyclic) bond motifs is 1. The van der Waals surface area contributed by atoms with Gasteiger partial charge < -0.3 is 39.2 Å². The highest BCUT2D eigenvalue weighted by molar-refractivity contribution is 5.81. The number of rotatable bonds is 12. The van der Waals surface area contributed by atoms with Gasteiger partial charge in [0.15, 0.2) is 24.0 Å². The average Bonchev–Trinajstić information content (AvgIpc) is 3.61. The van der Waals surface area contributed by atoms with Crippen molar-refractivity contribution in [3.05, 3.63) is 6.33 Å². The van der Waals surface area contributed by atoms with Gasteiger partial charge in [0, 0.05) is 25.9 Å². The highest BCUT2D eigenvalue weighted by atomic mass is 16.8. The third kappa shape index (κ3) is 6.44. The molecule has 3 aliphatic heterocycles. The zero-order chi connectivity index (χ0) is 27.1. The molecule has 38 heavy (non-hydrogen) atoms. The van der Waals surface area contributed by atoms with Crippen LogP contribution < -0.4 is 15.5 Å². The van der Waals surface area contributed by atoms with Crippen molar-refractivity contribution in [1.29, 1.82) is 0 Å². The molecule has 0 aliphatic carbocycles. The zero-order valence-corrected chi connectivity index (χ0v) is 22.1. The Balaban J connectivity index is 1.63. The fourth-order valence-corrected chi connectivity index (χ4v) is 4.58. The highest BCUT2D eigenvalue weighted by Gasteiger charge is 2.55. The van der Waals surface area contributed by atoms with Crippen LogP contribution in [-0.4, -0.2) is 78.5 Å². The Bertz CT molecular complexity index is 989. The number of carbonyl (C=O) groups is 3. The number of ether oxygens (including phenoxy) is 5. The van der Waals surface area contributed by atoms with Crippen molar-refractivity contribution in [3.8, 4) is 0 Å². The van der Waals surface area contributed by atoms with Crippen LogP contribution in [-0.2, 0) is 38.1 Å². The van der Waals surface area contributed by atoms with Crippen molar-refractivity contribution in [3.63, 3.8) is 0 Å². The van der Waals surface area contributed by atoms with E-state index in [0.717, 1.165) is 6.42 Å². The summed E-state index contributed by atoms with van der Waals surface area (Å²) in [4.78, 5) is 48.2. The van der Waals surface area contributed by atoms with Gasteiger partial charge >= 0.3 is 17.9 Å². The van der Waals surface area contributed by atoms with E-state index in [1.165, 1.54) is 6.33 Å². The Morgan fingerprint density at radius 3 is 2.29 bits per heavy atom. The number of anilines is 3. The number of carbonyl (C=O) groups excluding carboxylic acids is 3. The lowest BCUT2D eigenvalue weighted by Gasteiger charge is -2.29. The maximum atomic E-state index is 12.6. The first-order chi connectivity index (χ1) is 18.4. The second kappa shape index (κ2) is 13.1. The lowest BCUT2D eigenvalue weighted by molar-refractivity contribution is -0.198. The summed E-state index contributed by atoms with van der Waals surface area (Å²) in [6, 6.07) is 0.125. The molecular weight excluding hydrogens is 498 g/mol. The van der Waals surface area contributed by atoms with E-state index in [0.29, 0.717) is 49.8 Å². The molecule has 2 N–H and O–H groups in total. The van der Waals surface area contributed by atoms with Crippen molar-refractivity contribution in [1.82, 2.24) is 9.97 Å². The van der Waals surface area contributed by atoms with Crippen molar-refractivity contribution >= 4 is 35.2 Å². The van der Waals surface area contributed by atoms with E-state index < -0.39 is 42.6 Å². The first-order valence-corrected chi connectivity index (χ1v) is 13.4. The van der Waals surface area contributed by atoms with Gasteiger partial charge in [-0.1, -0.05) is 20.8 Å². The van der Waals surface area contributed by atoms with Gasteiger partial charge in [-0.15, -0.1) is 0 Å². The summed E-state index contributed by atoms with van der Waals surface area (Å²) in [5.74, 6) is -0.338. The van der Waals surface area contributed by atoms with E-state index in [-0.39, 0.29) is 32.0 Å². The quantitative estimate of drug-likeness (QED) is 0.298. The Labute approximate surface area is 221 Å². The maximum absolute atomic E-state index is 12.6. The molecule has 0 amide bonds. The second-order valence-corrected chi connectivity index (χ2v) is 9.47. The van der Waals surface area contributed by atoms with Crippen molar-refractivity contribution < 1.29 is 38.1 Å². The fraction of sp³-hybridized carbons (Fsp3) is 0.720. The lowest BCUT2D eigenvalue weighted by atomic mass is 10.1. The number of esters is 3. The molecule has 0 bridgehead atoms. The SMILES string of the molecule is CCCC(=O)O[C@H]1OC(N2CNc3c(N[C@@H]4CCOC4)ncnc32)[C@H](OC(=O)CCC)[C@@H]1OC(=O)CCC. The molecule has 4 heterocycles. The van der Waals surface area contributed by atoms with E-state index in [9.17, 15) is 14.4 Å². The zero-order valence-electron chi connectivity index (χ0n) is 22.1. The van der Waals surface area contributed by atoms with Crippen LogP contribution in [0.1, 0.15) is 65.7 Å². The summed E-state index contributed by atoms with van der Waals surface area (Å²) >= 11 is 0. The molecular formula is C25H37N5O8. The smallest absolute Gasteiger partial charge is 0.308 e. The van der Waals surface area contributed by atoms with Gasteiger partial charge in [-0.3, -0.25) is 14.4 Å². The predicted molar refractivity (Wildman–Crippen MR) is 135 cm³/mol. The van der Waals surface area contributed by atoms with Crippen LogP contribution in [0.25, 0.3) is 0 Å². The molecule has 0 saturated carbocycles. The summed E-state index contributed by atoms with van der Waals surface area (Å²) < 4.78 is 28.7. The van der Waals surface area contributed by atoms with E-state index in [1.54, 1.807) is 4.90 Å². The first-order valence-electron chi connectivity index (χ1n) is 13.4. The van der Waals surface area contributed by atoms with Crippen LogP contribution in [0.3, 0.4) is 0 Å². The topological polar surface area (TPSA) is 150 Å². The number of aromatic nitrogens is 2. The van der Waals surface area contributed by atoms with Gasteiger partial charge in [-0.05, 0) is 25.7 Å². The number of hydrogen-bond donors (Lipinski definition) is 2. The van der Waals surface area contributed by atoms with Gasteiger partial charge in [-0.25, -0.2) is 9.97 Å². The van der Waals surface area contributed by atoms with Gasteiger partial charge in [-0.2, -0.15) is 0 Å². The van der Waals surface area contributed by atoms with E-state index in [1.807, 2.05) is 20.8 Å². The average molecular weight is 536 g/mol. The van der Waals surface area contributed by atoms with Crippen LogP contribution in [0.2, 0.25) is 0 Å². The summed E-state index contributed by atoms with van der Waals surface area (Å²) in [5, 5.41) is 6.66. The molecule has 13 heteroatoms. The van der Waals surface area contributed by atoms with Crippen LogP contribution >= 0.6 is 0 Å². The number of nitrogens with one attached hydrogen (secondary N) is 2. The lowest BCUT2D eigenvalue weighted by Crippen LogP contribution is -2.48. The van der Waals surface area contributed by atoms with Gasteiger partial charge in [0.1, 0.15) is 12.0 Å². The van der Waals surface area contributed by atoms with Crippen LogP contribution in [0.5, 0.6) is 0 Å². The number of hydrogen-bond acceptors (Lipinski definition) is 13. The fourth-order valence-electron chi connectivity index (χ4n) is 4.58. The minimum atomic E-state index is -1.25. The molecule has 0 aromatic carbocycles. The third-order valence-electron chi connectivity index (χ3n) is 6.39. The molecule has 3 aliphatic rings. The Kier molecular flexibility index (Phi) is 9.56. The normalized spacial score (nSPS) is 26.0. The van der Waals surface area contributed by atoms with Gasteiger partial charge in [0.25, 0.3) is 0 Å². The van der Waals surface area contributed by atoms with Crippen molar-refractivity contribution in [2.24, 2.45) is 0 Å². The monoisotopic (exact) mass is 535 g/mol. The van der Waals surface area contributed by atoms with Crippen LogP contribution in [0.4, 0.5) is 17.3 Å². The minimum Gasteiger partial charge on any atom is -0.453 e. The molecule has 0 radical (unpaired) electrons. The molecule has 1 aromatic heterocycles. The Hall–Kier alpha value is -3.19. The molecule has 0 spiro atoms. The van der Waals surface area contributed by atoms with Gasteiger partial charge in [0.05, 0.1) is 19.3 Å². The van der Waals surface area contributed by atoms with E-state index in [4.69, 9.17) is 23.7 Å². The maximum Gasteiger partial charge on any atom is 0.308 e. The van der Waals surface area contributed by atoms with Crippen LogP contribution in [0, 0.1) is 0 Å². The molecule has 13 nitrogen and oxygen atoms in total. The molecule has 4 rings (SSSR count). The largest absolute Gasteiger partial charge is 0.453 e. The molecule has 1 unspecified atom stereocenters. The summed E-state index contributed by atoms with van der Waals surface area (Å²) in [6.45, 7) is 7.08. The molecule has 5 atom stereocenters. The molecule has 2 saturated heterocycles.